The summed E-state index contributed by atoms with van der Waals surface area (Å²) in [7, 11) is 1.40. The standard InChI is InChI=1S/C29H32FN5O5/c1-17(36)33-11-9-32(10-12-33)7-4-8-34-28(38)24-14-21-20-15-25(40-2)22(30)16-23(20)31-26(21)27(35(24)29(34)39)18-5-3-6-19(37)13-18/h3,5-6,13,15-16,24,27,31,37H,4,7-12,14H2,1-2H3/t24-,27?/m0/s1. The fourth-order valence-electron chi connectivity index (χ4n) is 6.32. The molecule has 0 spiro atoms. The van der Waals surface area contributed by atoms with Gasteiger partial charge in [0.05, 0.1) is 7.11 Å². The third kappa shape index (κ3) is 4.34. The first kappa shape index (κ1) is 26.1. The van der Waals surface area contributed by atoms with Crippen molar-refractivity contribution in [2.45, 2.75) is 31.8 Å². The second kappa shape index (κ2) is 10.1. The molecule has 210 valence electrons. The van der Waals surface area contributed by atoms with Crippen LogP contribution in [-0.2, 0) is 16.0 Å². The van der Waals surface area contributed by atoms with Crippen molar-refractivity contribution in [3.8, 4) is 11.5 Å². The number of ether oxygens (including phenoxy) is 1. The molecule has 3 aliphatic rings. The minimum atomic E-state index is -0.721. The van der Waals surface area contributed by atoms with Crippen LogP contribution in [-0.4, -0.2) is 100.0 Å². The molecule has 2 saturated heterocycles. The second-order valence-corrected chi connectivity index (χ2v) is 10.6. The highest BCUT2D eigenvalue weighted by molar-refractivity contribution is 6.05. The zero-order valence-corrected chi connectivity index (χ0v) is 22.5. The number of aromatic amines is 1. The predicted molar refractivity (Wildman–Crippen MR) is 145 cm³/mol. The van der Waals surface area contributed by atoms with Crippen LogP contribution in [0.2, 0.25) is 0 Å². The molecule has 1 unspecified atom stereocenters. The largest absolute Gasteiger partial charge is 0.508 e. The molecular formula is C29H32FN5O5. The lowest BCUT2D eigenvalue weighted by molar-refractivity contribution is -0.131. The number of carbonyl (C=O) groups is 3. The van der Waals surface area contributed by atoms with Crippen LogP contribution in [0.5, 0.6) is 11.5 Å². The number of nitrogens with zero attached hydrogens (tertiary/aromatic N) is 4. The topological polar surface area (TPSA) is 109 Å². The molecule has 0 bridgehead atoms. The van der Waals surface area contributed by atoms with E-state index in [0.29, 0.717) is 36.3 Å². The van der Waals surface area contributed by atoms with Gasteiger partial charge in [-0.2, -0.15) is 0 Å². The first-order valence-electron chi connectivity index (χ1n) is 13.5. The fourth-order valence-corrected chi connectivity index (χ4v) is 6.32. The SMILES string of the molecule is COc1cc2c3c([nH]c2cc1F)C(c1cccc(O)c1)N1C(=O)N(CCCN2CCN(C(C)=O)CC2)C(=O)[C@@H]1C3. The smallest absolute Gasteiger partial charge is 0.328 e. The lowest BCUT2D eigenvalue weighted by Crippen LogP contribution is -2.48. The highest BCUT2D eigenvalue weighted by Gasteiger charge is 2.52. The molecule has 6 rings (SSSR count). The van der Waals surface area contributed by atoms with Crippen LogP contribution < -0.4 is 4.74 Å². The number of fused-ring (bicyclic) bond motifs is 4. The van der Waals surface area contributed by atoms with Crippen LogP contribution in [0.25, 0.3) is 10.9 Å². The van der Waals surface area contributed by atoms with Gasteiger partial charge in [-0.15, -0.1) is 0 Å². The number of aromatic nitrogens is 1. The third-order valence-corrected chi connectivity index (χ3v) is 8.36. The van der Waals surface area contributed by atoms with Gasteiger partial charge in [0.25, 0.3) is 5.91 Å². The van der Waals surface area contributed by atoms with Crippen LogP contribution in [0.4, 0.5) is 9.18 Å². The maximum Gasteiger partial charge on any atom is 0.328 e. The number of phenolic OH excluding ortho intramolecular Hbond substituents is 1. The number of amides is 4. The summed E-state index contributed by atoms with van der Waals surface area (Å²) in [6, 6.07) is 7.88. The minimum absolute atomic E-state index is 0.0460. The zero-order chi connectivity index (χ0) is 28.1. The Labute approximate surface area is 230 Å². The molecule has 0 saturated carbocycles. The number of nitrogens with one attached hydrogen (secondary N) is 1. The van der Waals surface area contributed by atoms with Gasteiger partial charge in [0.2, 0.25) is 5.91 Å². The lowest BCUT2D eigenvalue weighted by atomic mass is 9.88. The van der Waals surface area contributed by atoms with E-state index in [2.05, 4.69) is 9.88 Å². The molecule has 2 aromatic carbocycles. The number of piperazine rings is 1. The summed E-state index contributed by atoms with van der Waals surface area (Å²) >= 11 is 0. The van der Waals surface area contributed by atoms with E-state index in [4.69, 9.17) is 4.74 Å². The summed E-state index contributed by atoms with van der Waals surface area (Å²) in [6.07, 6.45) is 0.910. The molecule has 2 atom stereocenters. The van der Waals surface area contributed by atoms with Crippen molar-refractivity contribution >= 4 is 28.7 Å². The van der Waals surface area contributed by atoms with Gasteiger partial charge in [0, 0.05) is 68.7 Å². The van der Waals surface area contributed by atoms with Crippen molar-refractivity contribution in [2.24, 2.45) is 0 Å². The van der Waals surface area contributed by atoms with Crippen molar-refractivity contribution < 1.29 is 28.6 Å². The Bertz CT molecular complexity index is 1500. The number of hydrogen-bond acceptors (Lipinski definition) is 6. The summed E-state index contributed by atoms with van der Waals surface area (Å²) in [5, 5.41) is 11.0. The number of imide groups is 1. The molecule has 40 heavy (non-hydrogen) atoms. The first-order chi connectivity index (χ1) is 19.3. The molecule has 4 heterocycles. The number of benzene rings is 2. The first-order valence-corrected chi connectivity index (χ1v) is 13.5. The van der Waals surface area contributed by atoms with Gasteiger partial charge in [-0.25, -0.2) is 9.18 Å². The second-order valence-electron chi connectivity index (χ2n) is 10.6. The molecule has 1 aromatic heterocycles. The normalized spacial score (nSPS) is 21.2. The van der Waals surface area contributed by atoms with Gasteiger partial charge >= 0.3 is 6.03 Å². The summed E-state index contributed by atoms with van der Waals surface area (Å²) in [5.74, 6) is -0.545. The number of carbonyl (C=O) groups excluding carboxylic acids is 3. The van der Waals surface area contributed by atoms with Gasteiger partial charge in [0.1, 0.15) is 17.8 Å². The van der Waals surface area contributed by atoms with E-state index in [1.54, 1.807) is 36.1 Å². The van der Waals surface area contributed by atoms with Gasteiger partial charge in [-0.3, -0.25) is 24.3 Å². The molecular weight excluding hydrogens is 517 g/mol. The Hall–Kier alpha value is -4.12. The number of halogens is 1. The number of urea groups is 1. The summed E-state index contributed by atoms with van der Waals surface area (Å²) in [4.78, 5) is 49.4. The van der Waals surface area contributed by atoms with Gasteiger partial charge in [-0.1, -0.05) is 12.1 Å². The molecule has 0 aliphatic carbocycles. The van der Waals surface area contributed by atoms with Crippen LogP contribution in [0.1, 0.15) is 36.2 Å². The number of phenols is 1. The maximum atomic E-state index is 14.5. The average Bonchev–Trinajstić information content (AvgIpc) is 3.40. The van der Waals surface area contributed by atoms with Crippen LogP contribution >= 0.6 is 0 Å². The van der Waals surface area contributed by atoms with Crippen LogP contribution in [0.15, 0.2) is 36.4 Å². The number of H-pyrrole nitrogens is 1. The summed E-state index contributed by atoms with van der Waals surface area (Å²) < 4.78 is 19.8. The van der Waals surface area contributed by atoms with E-state index >= 15 is 0 Å². The van der Waals surface area contributed by atoms with Crippen LogP contribution in [0.3, 0.4) is 0 Å². The minimum Gasteiger partial charge on any atom is -0.508 e. The Morgan fingerprint density at radius 3 is 2.60 bits per heavy atom. The van der Waals surface area contributed by atoms with Crippen molar-refractivity contribution in [3.63, 3.8) is 0 Å². The Kier molecular flexibility index (Phi) is 6.61. The van der Waals surface area contributed by atoms with E-state index in [-0.39, 0.29) is 42.3 Å². The predicted octanol–water partition coefficient (Wildman–Crippen LogP) is 2.85. The Morgan fingerprint density at radius 2 is 1.90 bits per heavy atom. The fraction of sp³-hybridized carbons (Fsp3) is 0.414. The van der Waals surface area contributed by atoms with E-state index < -0.39 is 17.9 Å². The molecule has 2 N–H and O–H groups in total. The van der Waals surface area contributed by atoms with Crippen LogP contribution in [0, 0.1) is 5.82 Å². The summed E-state index contributed by atoms with van der Waals surface area (Å²) in [5.41, 5.74) is 2.72. The number of aromatic hydroxyl groups is 1. The quantitative estimate of drug-likeness (QED) is 0.458. The molecule has 11 heteroatoms. The van der Waals surface area contributed by atoms with Gasteiger partial charge < -0.3 is 19.7 Å². The van der Waals surface area contributed by atoms with E-state index in [1.807, 2.05) is 11.0 Å². The Balaban J connectivity index is 1.28. The van der Waals surface area contributed by atoms with Gasteiger partial charge in [-0.05, 0) is 42.3 Å². The molecule has 2 fully saturated rings. The number of methoxy groups -OCH3 is 1. The third-order valence-electron chi connectivity index (χ3n) is 8.36. The van der Waals surface area contributed by atoms with Gasteiger partial charge in [0.15, 0.2) is 11.6 Å². The number of hydrogen-bond donors (Lipinski definition) is 2. The molecule has 0 radical (unpaired) electrons. The zero-order valence-electron chi connectivity index (χ0n) is 22.5. The van der Waals surface area contributed by atoms with Crippen molar-refractivity contribution in [1.29, 1.82) is 0 Å². The lowest BCUT2D eigenvalue weighted by Gasteiger charge is -2.36. The highest BCUT2D eigenvalue weighted by atomic mass is 19.1. The van der Waals surface area contributed by atoms with E-state index in [0.717, 1.165) is 30.6 Å². The van der Waals surface area contributed by atoms with Crippen molar-refractivity contribution in [1.82, 2.24) is 24.6 Å². The Morgan fingerprint density at radius 1 is 1.12 bits per heavy atom. The molecule has 4 amide bonds. The van der Waals surface area contributed by atoms with E-state index in [1.165, 1.54) is 18.1 Å². The molecule has 10 nitrogen and oxygen atoms in total. The average molecular weight is 550 g/mol. The van der Waals surface area contributed by atoms with E-state index in [9.17, 15) is 23.9 Å². The van der Waals surface area contributed by atoms with Crippen molar-refractivity contribution in [3.05, 3.63) is 59.0 Å². The monoisotopic (exact) mass is 549 g/mol. The summed E-state index contributed by atoms with van der Waals surface area (Å²) in [6.45, 7) is 5.48. The molecule has 3 aliphatic heterocycles. The molecule has 3 aromatic rings. The highest BCUT2D eigenvalue weighted by Crippen LogP contribution is 2.45. The van der Waals surface area contributed by atoms with Crippen molar-refractivity contribution in [2.75, 3.05) is 46.4 Å². The number of rotatable bonds is 6. The maximum absolute atomic E-state index is 14.5.